The van der Waals surface area contributed by atoms with Crippen LogP contribution in [0.25, 0.3) is 10.2 Å². The first-order chi connectivity index (χ1) is 12.0. The Morgan fingerprint density at radius 1 is 1.24 bits per heavy atom. The molecule has 4 nitrogen and oxygen atoms in total. The fourth-order valence-electron chi connectivity index (χ4n) is 3.71. The van der Waals surface area contributed by atoms with Crippen LogP contribution in [0.4, 0.5) is 0 Å². The van der Waals surface area contributed by atoms with E-state index in [-0.39, 0.29) is 11.9 Å². The highest BCUT2D eigenvalue weighted by atomic mass is 32.1. The Labute approximate surface area is 154 Å². The van der Waals surface area contributed by atoms with Gasteiger partial charge in [-0.25, -0.2) is 4.98 Å². The molecule has 3 rings (SSSR count). The highest BCUT2D eigenvalue weighted by Gasteiger charge is 2.25. The first-order valence-corrected chi connectivity index (χ1v) is 10.2. The van der Waals surface area contributed by atoms with Crippen LogP contribution >= 0.6 is 11.3 Å². The lowest BCUT2D eigenvalue weighted by Gasteiger charge is -2.32. The molecular formula is C20H29N3OS. The van der Waals surface area contributed by atoms with E-state index in [0.717, 1.165) is 23.0 Å². The van der Waals surface area contributed by atoms with Crippen molar-refractivity contribution in [1.82, 2.24) is 14.8 Å². The molecule has 1 amide bonds. The number of benzene rings is 1. The van der Waals surface area contributed by atoms with Gasteiger partial charge in [0.05, 0.1) is 22.8 Å². The molecule has 1 atom stereocenters. The van der Waals surface area contributed by atoms with Crippen molar-refractivity contribution in [1.29, 1.82) is 0 Å². The molecule has 0 N–H and O–H groups in total. The van der Waals surface area contributed by atoms with Crippen molar-refractivity contribution in [2.24, 2.45) is 5.92 Å². The molecule has 0 radical (unpaired) electrons. The van der Waals surface area contributed by atoms with Gasteiger partial charge in [-0.2, -0.15) is 0 Å². The number of thiazole rings is 1. The molecular weight excluding hydrogens is 330 g/mol. The highest BCUT2D eigenvalue weighted by molar-refractivity contribution is 7.18. The lowest BCUT2D eigenvalue weighted by Crippen LogP contribution is -2.45. The van der Waals surface area contributed by atoms with E-state index < -0.39 is 0 Å². The fourth-order valence-corrected chi connectivity index (χ4v) is 4.73. The van der Waals surface area contributed by atoms with E-state index in [9.17, 15) is 4.79 Å². The SMILES string of the molecule is CC(C(=O)N(C)Cc1nc2ccccc2s1)N(C)CC1CCCCC1. The van der Waals surface area contributed by atoms with Gasteiger partial charge in [-0.15, -0.1) is 11.3 Å². The number of fused-ring (bicyclic) bond motifs is 1. The second-order valence-corrected chi connectivity index (χ2v) is 8.50. The zero-order chi connectivity index (χ0) is 17.8. The average molecular weight is 360 g/mol. The van der Waals surface area contributed by atoms with Crippen molar-refractivity contribution >= 4 is 27.5 Å². The number of rotatable bonds is 6. The fraction of sp³-hybridized carbons (Fsp3) is 0.600. The summed E-state index contributed by atoms with van der Waals surface area (Å²) < 4.78 is 1.18. The molecule has 1 saturated carbocycles. The van der Waals surface area contributed by atoms with Crippen LogP contribution in [0.15, 0.2) is 24.3 Å². The molecule has 5 heteroatoms. The zero-order valence-corrected chi connectivity index (χ0v) is 16.4. The van der Waals surface area contributed by atoms with Crippen LogP contribution in [0.3, 0.4) is 0 Å². The Morgan fingerprint density at radius 2 is 1.96 bits per heavy atom. The molecule has 1 aliphatic rings. The summed E-state index contributed by atoms with van der Waals surface area (Å²) in [6.07, 6.45) is 6.69. The van der Waals surface area contributed by atoms with Crippen molar-refractivity contribution in [2.75, 3.05) is 20.6 Å². The van der Waals surface area contributed by atoms with Gasteiger partial charge in [0, 0.05) is 13.6 Å². The van der Waals surface area contributed by atoms with Gasteiger partial charge in [-0.05, 0) is 44.9 Å². The van der Waals surface area contributed by atoms with Crippen LogP contribution in [0.5, 0.6) is 0 Å². The van der Waals surface area contributed by atoms with E-state index >= 15 is 0 Å². The van der Waals surface area contributed by atoms with E-state index in [1.54, 1.807) is 11.3 Å². The normalized spacial score (nSPS) is 17.1. The van der Waals surface area contributed by atoms with Gasteiger partial charge >= 0.3 is 0 Å². The number of hydrogen-bond donors (Lipinski definition) is 0. The predicted octanol–water partition coefficient (Wildman–Crippen LogP) is 4.16. The topological polar surface area (TPSA) is 36.4 Å². The highest BCUT2D eigenvalue weighted by Crippen LogP contribution is 2.25. The number of amides is 1. The number of nitrogens with zero attached hydrogens (tertiary/aromatic N) is 3. The minimum Gasteiger partial charge on any atom is -0.338 e. The zero-order valence-electron chi connectivity index (χ0n) is 15.6. The standard InChI is InChI=1S/C20H29N3OS/c1-15(22(2)13-16-9-5-4-6-10-16)20(24)23(3)14-19-21-17-11-7-8-12-18(17)25-19/h7-8,11-12,15-16H,4-6,9-10,13-14H2,1-3H3. The minimum atomic E-state index is -0.0821. The van der Waals surface area contributed by atoms with Gasteiger partial charge < -0.3 is 4.90 Å². The van der Waals surface area contributed by atoms with Gasteiger partial charge in [0.15, 0.2) is 0 Å². The van der Waals surface area contributed by atoms with Gasteiger partial charge in [0.1, 0.15) is 5.01 Å². The Kier molecular flexibility index (Phi) is 6.07. The third-order valence-electron chi connectivity index (χ3n) is 5.38. The van der Waals surface area contributed by atoms with Crippen LogP contribution in [-0.4, -0.2) is 47.4 Å². The van der Waals surface area contributed by atoms with Crippen LogP contribution in [-0.2, 0) is 11.3 Å². The van der Waals surface area contributed by atoms with Gasteiger partial charge in [-0.3, -0.25) is 9.69 Å². The smallest absolute Gasteiger partial charge is 0.239 e. The van der Waals surface area contributed by atoms with Gasteiger partial charge in [-0.1, -0.05) is 31.4 Å². The molecule has 2 aromatic rings. The molecule has 0 aliphatic heterocycles. The maximum Gasteiger partial charge on any atom is 0.239 e. The third-order valence-corrected chi connectivity index (χ3v) is 6.40. The molecule has 0 bridgehead atoms. The number of likely N-dealkylation sites (N-methyl/N-ethyl adjacent to an activating group) is 2. The molecule has 0 saturated heterocycles. The number of aromatic nitrogens is 1. The van der Waals surface area contributed by atoms with Crippen LogP contribution in [0.2, 0.25) is 0 Å². The van der Waals surface area contributed by atoms with Crippen molar-refractivity contribution in [3.63, 3.8) is 0 Å². The molecule has 1 aliphatic carbocycles. The van der Waals surface area contributed by atoms with E-state index in [2.05, 4.69) is 23.0 Å². The number of para-hydroxylation sites is 1. The molecule has 25 heavy (non-hydrogen) atoms. The quantitative estimate of drug-likeness (QED) is 0.777. The van der Waals surface area contributed by atoms with E-state index in [4.69, 9.17) is 0 Å². The summed E-state index contributed by atoms with van der Waals surface area (Å²) in [6.45, 7) is 3.64. The van der Waals surface area contributed by atoms with E-state index in [1.165, 1.54) is 36.8 Å². The lowest BCUT2D eigenvalue weighted by molar-refractivity contribution is -0.135. The Hall–Kier alpha value is -1.46. The predicted molar refractivity (Wildman–Crippen MR) is 105 cm³/mol. The molecule has 1 aromatic heterocycles. The van der Waals surface area contributed by atoms with E-state index in [1.807, 2.05) is 37.1 Å². The van der Waals surface area contributed by atoms with Crippen molar-refractivity contribution < 1.29 is 4.79 Å². The second-order valence-electron chi connectivity index (χ2n) is 7.39. The molecule has 1 unspecified atom stereocenters. The summed E-state index contributed by atoms with van der Waals surface area (Å²) in [7, 11) is 3.97. The monoisotopic (exact) mass is 359 g/mol. The maximum atomic E-state index is 12.8. The molecule has 0 spiro atoms. The van der Waals surface area contributed by atoms with Crippen LogP contribution in [0.1, 0.15) is 44.0 Å². The molecule has 1 heterocycles. The van der Waals surface area contributed by atoms with Crippen LogP contribution in [0, 0.1) is 5.92 Å². The van der Waals surface area contributed by atoms with Gasteiger partial charge in [0.2, 0.25) is 5.91 Å². The Morgan fingerprint density at radius 3 is 2.68 bits per heavy atom. The average Bonchev–Trinajstić information content (AvgIpc) is 3.03. The Balaban J connectivity index is 1.56. The minimum absolute atomic E-state index is 0.0821. The number of carbonyl (C=O) groups excluding carboxylic acids is 1. The summed E-state index contributed by atoms with van der Waals surface area (Å²) in [5.41, 5.74) is 1.02. The van der Waals surface area contributed by atoms with Crippen molar-refractivity contribution in [3.05, 3.63) is 29.3 Å². The summed E-state index contributed by atoms with van der Waals surface area (Å²) in [5.74, 6) is 0.932. The largest absolute Gasteiger partial charge is 0.338 e. The molecule has 136 valence electrons. The number of hydrogen-bond acceptors (Lipinski definition) is 4. The summed E-state index contributed by atoms with van der Waals surface area (Å²) >= 11 is 1.67. The second kappa shape index (κ2) is 8.28. The first kappa shape index (κ1) is 18.3. The van der Waals surface area contributed by atoms with Crippen LogP contribution < -0.4 is 0 Å². The molecule has 1 fully saturated rings. The molecule has 1 aromatic carbocycles. The number of carbonyl (C=O) groups is 1. The van der Waals surface area contributed by atoms with Crippen molar-refractivity contribution in [2.45, 2.75) is 51.6 Å². The third kappa shape index (κ3) is 4.59. The van der Waals surface area contributed by atoms with E-state index in [0.29, 0.717) is 6.54 Å². The first-order valence-electron chi connectivity index (χ1n) is 9.34. The summed E-state index contributed by atoms with van der Waals surface area (Å²) in [5, 5.41) is 0.999. The summed E-state index contributed by atoms with van der Waals surface area (Å²) in [6, 6.07) is 8.06. The Bertz CT molecular complexity index is 675. The van der Waals surface area contributed by atoms with Crippen molar-refractivity contribution in [3.8, 4) is 0 Å². The maximum absolute atomic E-state index is 12.8. The summed E-state index contributed by atoms with van der Waals surface area (Å²) in [4.78, 5) is 21.5. The lowest BCUT2D eigenvalue weighted by atomic mass is 9.89. The van der Waals surface area contributed by atoms with Gasteiger partial charge in [0.25, 0.3) is 0 Å².